The minimum absolute atomic E-state index is 0.676. The molecule has 1 aromatic heterocycles. The molecule has 0 spiro atoms. The van der Waals surface area contributed by atoms with Crippen molar-refractivity contribution in [3.63, 3.8) is 0 Å². The third-order valence-electron chi connectivity index (χ3n) is 3.68. The molecular weight excluding hydrogens is 354 g/mol. The Morgan fingerprint density at radius 2 is 1.80 bits per heavy atom. The van der Waals surface area contributed by atoms with E-state index in [1.807, 2.05) is 49.4 Å². The van der Waals surface area contributed by atoms with Gasteiger partial charge in [0.15, 0.2) is 11.0 Å². The van der Waals surface area contributed by atoms with Crippen molar-refractivity contribution in [1.82, 2.24) is 14.8 Å². The molecule has 2 aromatic carbocycles. The summed E-state index contributed by atoms with van der Waals surface area (Å²) in [5.41, 5.74) is 2.09. The van der Waals surface area contributed by atoms with E-state index in [9.17, 15) is 0 Å². The molecule has 1 heterocycles. The Hall–Kier alpha value is -1.82. The summed E-state index contributed by atoms with van der Waals surface area (Å²) in [7, 11) is 0. The molecule has 3 rings (SSSR count). The van der Waals surface area contributed by atoms with E-state index in [1.165, 1.54) is 5.56 Å². The van der Waals surface area contributed by atoms with Crippen molar-refractivity contribution in [2.75, 3.05) is 19.0 Å². The molecule has 0 unspecified atom stereocenters. The van der Waals surface area contributed by atoms with Gasteiger partial charge < -0.3 is 4.74 Å². The molecule has 6 heteroatoms. The van der Waals surface area contributed by atoms with Gasteiger partial charge in [0.2, 0.25) is 0 Å². The van der Waals surface area contributed by atoms with Crippen LogP contribution in [0, 0.1) is 0 Å². The SMILES string of the molecule is CCOCCSc1nnc(-c2ccccc2Cl)n1Cc1ccccc1. The van der Waals surface area contributed by atoms with Crippen LogP contribution >= 0.6 is 23.4 Å². The molecule has 0 amide bonds. The quantitative estimate of drug-likeness (QED) is 0.421. The molecule has 3 aromatic rings. The third-order valence-corrected chi connectivity index (χ3v) is 4.94. The summed E-state index contributed by atoms with van der Waals surface area (Å²) in [6, 6.07) is 18.0. The van der Waals surface area contributed by atoms with Crippen LogP contribution in [-0.4, -0.2) is 33.7 Å². The maximum absolute atomic E-state index is 6.38. The zero-order valence-corrected chi connectivity index (χ0v) is 15.6. The van der Waals surface area contributed by atoms with Gasteiger partial charge in [0.05, 0.1) is 18.2 Å². The molecule has 0 aliphatic heterocycles. The van der Waals surface area contributed by atoms with Crippen molar-refractivity contribution >= 4 is 23.4 Å². The molecule has 0 saturated heterocycles. The maximum Gasteiger partial charge on any atom is 0.191 e. The zero-order valence-electron chi connectivity index (χ0n) is 14.1. The van der Waals surface area contributed by atoms with Gasteiger partial charge >= 0.3 is 0 Å². The number of aromatic nitrogens is 3. The van der Waals surface area contributed by atoms with Crippen LogP contribution in [0.5, 0.6) is 0 Å². The number of thioether (sulfide) groups is 1. The van der Waals surface area contributed by atoms with E-state index < -0.39 is 0 Å². The molecule has 0 saturated carbocycles. The van der Waals surface area contributed by atoms with Crippen LogP contribution in [0.4, 0.5) is 0 Å². The van der Waals surface area contributed by atoms with Crippen molar-refractivity contribution in [3.05, 3.63) is 65.2 Å². The molecule has 4 nitrogen and oxygen atoms in total. The summed E-state index contributed by atoms with van der Waals surface area (Å²) in [5, 5.41) is 10.3. The number of rotatable bonds is 8. The number of benzene rings is 2. The number of hydrogen-bond donors (Lipinski definition) is 0. The van der Waals surface area contributed by atoms with Crippen LogP contribution in [0.1, 0.15) is 12.5 Å². The van der Waals surface area contributed by atoms with Crippen molar-refractivity contribution in [2.45, 2.75) is 18.6 Å². The fraction of sp³-hybridized carbons (Fsp3) is 0.263. The molecule has 0 bridgehead atoms. The Morgan fingerprint density at radius 3 is 2.56 bits per heavy atom. The minimum Gasteiger partial charge on any atom is -0.381 e. The Morgan fingerprint density at radius 1 is 1.04 bits per heavy atom. The Balaban J connectivity index is 1.92. The summed E-state index contributed by atoms with van der Waals surface area (Å²) in [6.45, 7) is 4.12. The number of ether oxygens (including phenoxy) is 1. The average molecular weight is 374 g/mol. The Labute approximate surface area is 157 Å². The molecule has 130 valence electrons. The molecule has 0 aliphatic carbocycles. The molecule has 0 radical (unpaired) electrons. The molecule has 0 fully saturated rings. The summed E-state index contributed by atoms with van der Waals surface area (Å²) < 4.78 is 7.54. The van der Waals surface area contributed by atoms with Crippen molar-refractivity contribution in [3.8, 4) is 11.4 Å². The molecular formula is C19H20ClN3OS. The van der Waals surface area contributed by atoms with Crippen LogP contribution in [-0.2, 0) is 11.3 Å². The first-order valence-electron chi connectivity index (χ1n) is 8.22. The van der Waals surface area contributed by atoms with Gasteiger partial charge in [-0.05, 0) is 24.6 Å². The van der Waals surface area contributed by atoms with Gasteiger partial charge in [-0.2, -0.15) is 0 Å². The van der Waals surface area contributed by atoms with Gasteiger partial charge in [0.25, 0.3) is 0 Å². The standard InChI is InChI=1S/C19H20ClN3OS/c1-2-24-12-13-25-19-22-21-18(16-10-6-7-11-17(16)20)23(19)14-15-8-4-3-5-9-15/h3-11H,2,12-14H2,1H3. The highest BCUT2D eigenvalue weighted by atomic mass is 35.5. The highest BCUT2D eigenvalue weighted by molar-refractivity contribution is 7.99. The molecule has 0 aliphatic rings. The topological polar surface area (TPSA) is 39.9 Å². The molecule has 0 atom stereocenters. The van der Waals surface area contributed by atoms with Gasteiger partial charge in [-0.15, -0.1) is 10.2 Å². The summed E-state index contributed by atoms with van der Waals surface area (Å²) in [4.78, 5) is 0. The highest BCUT2D eigenvalue weighted by Crippen LogP contribution is 2.29. The van der Waals surface area contributed by atoms with E-state index in [-0.39, 0.29) is 0 Å². The summed E-state index contributed by atoms with van der Waals surface area (Å²) in [5.74, 6) is 1.62. The largest absolute Gasteiger partial charge is 0.381 e. The lowest BCUT2D eigenvalue weighted by Gasteiger charge is -2.11. The summed E-state index contributed by atoms with van der Waals surface area (Å²) >= 11 is 8.03. The van der Waals surface area contributed by atoms with E-state index in [0.29, 0.717) is 18.2 Å². The summed E-state index contributed by atoms with van der Waals surface area (Å²) in [6.07, 6.45) is 0. The molecule has 25 heavy (non-hydrogen) atoms. The maximum atomic E-state index is 6.38. The van der Waals surface area contributed by atoms with Crippen molar-refractivity contribution < 1.29 is 4.74 Å². The number of hydrogen-bond acceptors (Lipinski definition) is 4. The fourth-order valence-electron chi connectivity index (χ4n) is 2.48. The second-order valence-corrected chi connectivity index (χ2v) is 6.87. The van der Waals surface area contributed by atoms with Crippen molar-refractivity contribution in [2.24, 2.45) is 0 Å². The van der Waals surface area contributed by atoms with Gasteiger partial charge in [-0.1, -0.05) is 65.8 Å². The first-order valence-corrected chi connectivity index (χ1v) is 9.58. The highest BCUT2D eigenvalue weighted by Gasteiger charge is 2.16. The number of halogens is 1. The van der Waals surface area contributed by atoms with Crippen LogP contribution in [0.2, 0.25) is 5.02 Å². The van der Waals surface area contributed by atoms with Crippen LogP contribution in [0.25, 0.3) is 11.4 Å². The van der Waals surface area contributed by atoms with Crippen LogP contribution in [0.3, 0.4) is 0 Å². The van der Waals surface area contributed by atoms with Gasteiger partial charge in [-0.3, -0.25) is 4.57 Å². The molecule has 0 N–H and O–H groups in total. The van der Waals surface area contributed by atoms with E-state index in [4.69, 9.17) is 16.3 Å². The Kier molecular flexibility index (Phi) is 6.50. The van der Waals surface area contributed by atoms with Gasteiger partial charge in [0.1, 0.15) is 0 Å². The smallest absolute Gasteiger partial charge is 0.191 e. The second-order valence-electron chi connectivity index (χ2n) is 5.40. The lowest BCUT2D eigenvalue weighted by atomic mass is 10.2. The first-order chi connectivity index (χ1) is 12.3. The zero-order chi connectivity index (χ0) is 17.5. The monoisotopic (exact) mass is 373 g/mol. The number of nitrogens with zero attached hydrogens (tertiary/aromatic N) is 3. The second kappa shape index (κ2) is 9.04. The predicted molar refractivity (Wildman–Crippen MR) is 103 cm³/mol. The third kappa shape index (κ3) is 4.63. The van der Waals surface area contributed by atoms with Gasteiger partial charge in [-0.25, -0.2) is 0 Å². The fourth-order valence-corrected chi connectivity index (χ4v) is 3.49. The van der Waals surface area contributed by atoms with Crippen molar-refractivity contribution in [1.29, 1.82) is 0 Å². The van der Waals surface area contributed by atoms with Crippen LogP contribution < -0.4 is 0 Å². The predicted octanol–water partition coefficient (Wildman–Crippen LogP) is 4.78. The first kappa shape index (κ1) is 18.0. The Bertz CT molecular complexity index is 807. The lowest BCUT2D eigenvalue weighted by molar-refractivity contribution is 0.164. The van der Waals surface area contributed by atoms with E-state index in [0.717, 1.165) is 28.9 Å². The lowest BCUT2D eigenvalue weighted by Crippen LogP contribution is -2.05. The van der Waals surface area contributed by atoms with E-state index in [2.05, 4.69) is 26.9 Å². The average Bonchev–Trinajstić information content (AvgIpc) is 3.02. The normalized spacial score (nSPS) is 11.0. The van der Waals surface area contributed by atoms with Gasteiger partial charge in [0, 0.05) is 17.9 Å². The van der Waals surface area contributed by atoms with E-state index in [1.54, 1.807) is 11.8 Å². The minimum atomic E-state index is 0.676. The van der Waals surface area contributed by atoms with E-state index >= 15 is 0 Å². The van der Waals surface area contributed by atoms with Crippen LogP contribution in [0.15, 0.2) is 59.8 Å².